The number of ketones is 1. The van der Waals surface area contributed by atoms with Gasteiger partial charge in [0.2, 0.25) is 0 Å². The van der Waals surface area contributed by atoms with Gasteiger partial charge in [0.1, 0.15) is 0 Å². The fourth-order valence-corrected chi connectivity index (χ4v) is 1.96. The number of carbonyl (C=O) groups is 2. The summed E-state index contributed by atoms with van der Waals surface area (Å²) in [5.41, 5.74) is 0. The molecule has 120 valence electrons. The van der Waals surface area contributed by atoms with Gasteiger partial charge in [0.25, 0.3) is 0 Å². The number of unbranched alkanes of at least 4 members (excludes halogenated alkanes) is 6. The second-order valence-electron chi connectivity index (χ2n) is 5.24. The molecule has 0 aliphatic carbocycles. The van der Waals surface area contributed by atoms with Crippen molar-refractivity contribution >= 4 is 11.8 Å². The number of methoxy groups -OCH3 is 1. The van der Waals surface area contributed by atoms with E-state index in [1.807, 2.05) is 12.2 Å². The fraction of sp³-hybridized carbons (Fsp3) is 0.667. The molecule has 0 fully saturated rings. The first kappa shape index (κ1) is 19.6. The predicted molar refractivity (Wildman–Crippen MR) is 87.1 cm³/mol. The molecule has 0 radical (unpaired) electrons. The van der Waals surface area contributed by atoms with Crippen LogP contribution in [0, 0.1) is 0 Å². The lowest BCUT2D eigenvalue weighted by molar-refractivity contribution is -0.140. The minimum atomic E-state index is -0.153. The predicted octanol–water partition coefficient (Wildman–Crippen LogP) is 4.76. The molecular weight excluding hydrogens is 264 g/mol. The topological polar surface area (TPSA) is 43.4 Å². The Morgan fingerprint density at radius 3 is 2.29 bits per heavy atom. The summed E-state index contributed by atoms with van der Waals surface area (Å²) in [7, 11) is 1.41. The SMILES string of the molecule is CCCCCC=CC=CC(=O)CCCCCCC(=O)OC. The highest BCUT2D eigenvalue weighted by molar-refractivity contribution is 5.89. The molecule has 0 saturated carbocycles. The maximum absolute atomic E-state index is 11.6. The summed E-state index contributed by atoms with van der Waals surface area (Å²) in [6.07, 6.45) is 17.2. The van der Waals surface area contributed by atoms with Gasteiger partial charge < -0.3 is 4.74 Å². The third-order valence-electron chi connectivity index (χ3n) is 3.29. The van der Waals surface area contributed by atoms with E-state index >= 15 is 0 Å². The Morgan fingerprint density at radius 1 is 0.905 bits per heavy atom. The quantitative estimate of drug-likeness (QED) is 0.213. The van der Waals surface area contributed by atoms with Gasteiger partial charge in [-0.3, -0.25) is 9.59 Å². The van der Waals surface area contributed by atoms with Crippen molar-refractivity contribution < 1.29 is 14.3 Å². The van der Waals surface area contributed by atoms with Gasteiger partial charge in [0.15, 0.2) is 5.78 Å². The van der Waals surface area contributed by atoms with Crippen molar-refractivity contribution in [2.24, 2.45) is 0 Å². The Kier molecular flexibility index (Phi) is 14.0. The number of allylic oxidation sites excluding steroid dienone is 4. The summed E-state index contributed by atoms with van der Waals surface area (Å²) >= 11 is 0. The highest BCUT2D eigenvalue weighted by atomic mass is 16.5. The van der Waals surface area contributed by atoms with Crippen LogP contribution in [0.3, 0.4) is 0 Å². The Bertz CT molecular complexity index is 329. The van der Waals surface area contributed by atoms with Crippen LogP contribution in [0.5, 0.6) is 0 Å². The van der Waals surface area contributed by atoms with Crippen molar-refractivity contribution in [3.63, 3.8) is 0 Å². The molecule has 0 atom stereocenters. The van der Waals surface area contributed by atoms with Gasteiger partial charge in [-0.1, -0.05) is 50.8 Å². The molecule has 0 spiro atoms. The van der Waals surface area contributed by atoms with Crippen molar-refractivity contribution in [3.8, 4) is 0 Å². The average molecular weight is 294 g/mol. The maximum Gasteiger partial charge on any atom is 0.305 e. The van der Waals surface area contributed by atoms with E-state index in [-0.39, 0.29) is 11.8 Å². The van der Waals surface area contributed by atoms with E-state index in [1.54, 1.807) is 6.08 Å². The van der Waals surface area contributed by atoms with E-state index in [9.17, 15) is 9.59 Å². The van der Waals surface area contributed by atoms with Crippen LogP contribution in [0.1, 0.15) is 71.1 Å². The number of ether oxygens (including phenoxy) is 1. The summed E-state index contributed by atoms with van der Waals surface area (Å²) in [6.45, 7) is 2.19. The van der Waals surface area contributed by atoms with E-state index in [0.717, 1.165) is 32.1 Å². The second-order valence-corrected chi connectivity index (χ2v) is 5.24. The lowest BCUT2D eigenvalue weighted by atomic mass is 10.1. The van der Waals surface area contributed by atoms with Gasteiger partial charge in [0.05, 0.1) is 7.11 Å². The lowest BCUT2D eigenvalue weighted by Crippen LogP contribution is -1.99. The van der Waals surface area contributed by atoms with E-state index in [0.29, 0.717) is 12.8 Å². The first-order valence-electron chi connectivity index (χ1n) is 8.13. The van der Waals surface area contributed by atoms with Crippen LogP contribution >= 0.6 is 0 Å². The summed E-state index contributed by atoms with van der Waals surface area (Å²) in [5, 5.41) is 0. The Morgan fingerprint density at radius 2 is 1.62 bits per heavy atom. The molecule has 3 heteroatoms. The molecule has 0 bridgehead atoms. The van der Waals surface area contributed by atoms with Crippen LogP contribution in [-0.4, -0.2) is 18.9 Å². The Balaban J connectivity index is 3.47. The standard InChI is InChI=1S/C18H30O3/c1-3-4-5-6-7-8-11-14-17(19)15-12-9-10-13-16-18(20)21-2/h7-8,11,14H,3-6,9-10,12-13,15-16H2,1-2H3. The first-order chi connectivity index (χ1) is 10.2. The molecular formula is C18H30O3. The molecule has 21 heavy (non-hydrogen) atoms. The Hall–Kier alpha value is -1.38. The van der Waals surface area contributed by atoms with Gasteiger partial charge in [-0.05, 0) is 31.8 Å². The van der Waals surface area contributed by atoms with Gasteiger partial charge >= 0.3 is 5.97 Å². The van der Waals surface area contributed by atoms with Crippen LogP contribution in [0.15, 0.2) is 24.3 Å². The van der Waals surface area contributed by atoms with E-state index in [2.05, 4.69) is 17.7 Å². The third-order valence-corrected chi connectivity index (χ3v) is 3.29. The minimum Gasteiger partial charge on any atom is -0.469 e. The van der Waals surface area contributed by atoms with Gasteiger partial charge in [-0.2, -0.15) is 0 Å². The van der Waals surface area contributed by atoms with E-state index in [1.165, 1.54) is 26.4 Å². The summed E-state index contributed by atoms with van der Waals surface area (Å²) in [6, 6.07) is 0. The molecule has 0 N–H and O–H groups in total. The molecule has 0 aromatic carbocycles. The van der Waals surface area contributed by atoms with Crippen molar-refractivity contribution in [1.29, 1.82) is 0 Å². The number of hydrogen-bond donors (Lipinski definition) is 0. The fourth-order valence-electron chi connectivity index (χ4n) is 1.96. The minimum absolute atomic E-state index is 0.153. The van der Waals surface area contributed by atoms with E-state index < -0.39 is 0 Å². The van der Waals surface area contributed by atoms with Crippen LogP contribution in [0.25, 0.3) is 0 Å². The lowest BCUT2D eigenvalue weighted by Gasteiger charge is -1.99. The molecule has 0 amide bonds. The van der Waals surface area contributed by atoms with Crippen molar-refractivity contribution in [3.05, 3.63) is 24.3 Å². The zero-order chi connectivity index (χ0) is 15.8. The van der Waals surface area contributed by atoms with Gasteiger partial charge in [-0.25, -0.2) is 0 Å². The van der Waals surface area contributed by atoms with Crippen LogP contribution in [0.4, 0.5) is 0 Å². The highest BCUT2D eigenvalue weighted by Crippen LogP contribution is 2.07. The summed E-state index contributed by atoms with van der Waals surface area (Å²) in [5.74, 6) is 0.0286. The largest absolute Gasteiger partial charge is 0.469 e. The number of rotatable bonds is 13. The summed E-state index contributed by atoms with van der Waals surface area (Å²) < 4.78 is 4.57. The van der Waals surface area contributed by atoms with Crippen LogP contribution in [-0.2, 0) is 14.3 Å². The first-order valence-corrected chi connectivity index (χ1v) is 8.13. The normalized spacial score (nSPS) is 11.3. The molecule has 0 aliphatic rings. The molecule has 3 nitrogen and oxygen atoms in total. The number of carbonyl (C=O) groups excluding carboxylic acids is 2. The summed E-state index contributed by atoms with van der Waals surface area (Å²) in [4.78, 5) is 22.5. The van der Waals surface area contributed by atoms with E-state index in [4.69, 9.17) is 0 Å². The Labute approximate surface area is 129 Å². The smallest absolute Gasteiger partial charge is 0.305 e. The zero-order valence-electron chi connectivity index (χ0n) is 13.6. The second kappa shape index (κ2) is 15.0. The molecule has 0 unspecified atom stereocenters. The molecule has 0 aliphatic heterocycles. The highest BCUT2D eigenvalue weighted by Gasteiger charge is 2.00. The van der Waals surface area contributed by atoms with Crippen molar-refractivity contribution in [2.45, 2.75) is 71.1 Å². The van der Waals surface area contributed by atoms with Crippen molar-refractivity contribution in [1.82, 2.24) is 0 Å². The average Bonchev–Trinajstić information content (AvgIpc) is 2.49. The number of esters is 1. The van der Waals surface area contributed by atoms with Gasteiger partial charge in [0, 0.05) is 12.8 Å². The monoisotopic (exact) mass is 294 g/mol. The third kappa shape index (κ3) is 14.8. The van der Waals surface area contributed by atoms with Gasteiger partial charge in [-0.15, -0.1) is 0 Å². The molecule has 0 rings (SSSR count). The van der Waals surface area contributed by atoms with Crippen molar-refractivity contribution in [2.75, 3.05) is 7.11 Å². The molecule has 0 heterocycles. The number of hydrogen-bond acceptors (Lipinski definition) is 3. The maximum atomic E-state index is 11.6. The zero-order valence-corrected chi connectivity index (χ0v) is 13.6. The molecule has 0 aromatic rings. The van der Waals surface area contributed by atoms with Crippen LogP contribution < -0.4 is 0 Å². The van der Waals surface area contributed by atoms with Crippen LogP contribution in [0.2, 0.25) is 0 Å². The molecule has 0 saturated heterocycles. The molecule has 0 aromatic heterocycles.